The highest BCUT2D eigenvalue weighted by Crippen LogP contribution is 2.42. The van der Waals surface area contributed by atoms with Gasteiger partial charge < -0.3 is 5.11 Å². The van der Waals surface area contributed by atoms with Gasteiger partial charge in [-0.15, -0.1) is 5.11 Å². The molecule has 3 rings (SSSR count). The second-order valence-corrected chi connectivity index (χ2v) is 10.1. The van der Waals surface area contributed by atoms with Crippen LogP contribution in [0.25, 0.3) is 10.8 Å². The van der Waals surface area contributed by atoms with E-state index >= 15 is 0 Å². The summed E-state index contributed by atoms with van der Waals surface area (Å²) in [5.41, 5.74) is 2.16. The van der Waals surface area contributed by atoms with Gasteiger partial charge in [0.15, 0.2) is 15.6 Å². The third-order valence-corrected chi connectivity index (χ3v) is 6.32. The zero-order valence-corrected chi connectivity index (χ0v) is 17.4. The normalized spacial score (nSPS) is 12.7. The molecule has 0 spiro atoms. The van der Waals surface area contributed by atoms with Gasteiger partial charge in [-0.1, -0.05) is 23.8 Å². The number of phenols is 1. The second kappa shape index (κ2) is 7.21. The van der Waals surface area contributed by atoms with Gasteiger partial charge in [-0.05, 0) is 49.1 Å². The molecule has 0 atom stereocenters. The molecule has 3 aromatic rings. The van der Waals surface area contributed by atoms with Gasteiger partial charge in [0.25, 0.3) is 10.1 Å². The van der Waals surface area contributed by atoms with Gasteiger partial charge in [0.1, 0.15) is 10.6 Å². The lowest BCUT2D eigenvalue weighted by atomic mass is 10.1. The van der Waals surface area contributed by atoms with E-state index in [-0.39, 0.29) is 21.4 Å². The first-order valence-corrected chi connectivity index (χ1v) is 11.7. The van der Waals surface area contributed by atoms with E-state index in [4.69, 9.17) is 0 Å². The molecule has 0 aliphatic carbocycles. The van der Waals surface area contributed by atoms with E-state index in [1.807, 2.05) is 26.0 Å². The van der Waals surface area contributed by atoms with Crippen LogP contribution in [0.2, 0.25) is 0 Å². The van der Waals surface area contributed by atoms with Crippen LogP contribution in [-0.4, -0.2) is 32.8 Å². The third-order valence-electron chi connectivity index (χ3n) is 4.34. The second-order valence-electron chi connectivity index (χ2n) is 6.69. The predicted molar refractivity (Wildman–Crippen MR) is 109 cm³/mol. The number of benzene rings is 3. The summed E-state index contributed by atoms with van der Waals surface area (Å²) in [5.74, 6) is -0.777. The lowest BCUT2D eigenvalue weighted by Crippen LogP contribution is -2.00. The highest BCUT2D eigenvalue weighted by Gasteiger charge is 2.22. The lowest BCUT2D eigenvalue weighted by molar-refractivity contribution is 0.445. The summed E-state index contributed by atoms with van der Waals surface area (Å²) < 4.78 is 56.5. The average Bonchev–Trinajstić information content (AvgIpc) is 2.59. The Morgan fingerprint density at radius 3 is 2.17 bits per heavy atom. The first kappa shape index (κ1) is 20.9. The van der Waals surface area contributed by atoms with Crippen molar-refractivity contribution in [3.8, 4) is 5.75 Å². The fraction of sp³-hybridized carbons (Fsp3) is 0.158. The maximum absolute atomic E-state index is 11.8. The molecular formula is C19H18N2O6S2. The van der Waals surface area contributed by atoms with Gasteiger partial charge >= 0.3 is 0 Å². The van der Waals surface area contributed by atoms with Crippen LogP contribution in [0.15, 0.2) is 62.5 Å². The van der Waals surface area contributed by atoms with Gasteiger partial charge in [0, 0.05) is 11.6 Å². The fourth-order valence-electron chi connectivity index (χ4n) is 2.88. The molecule has 8 nitrogen and oxygen atoms in total. The summed E-state index contributed by atoms with van der Waals surface area (Å²) in [6, 6.07) is 10.4. The van der Waals surface area contributed by atoms with Crippen molar-refractivity contribution in [3.05, 3.63) is 53.6 Å². The van der Waals surface area contributed by atoms with E-state index in [0.717, 1.165) is 23.4 Å². The maximum atomic E-state index is 11.8. The molecule has 0 bridgehead atoms. The van der Waals surface area contributed by atoms with Crippen LogP contribution in [-0.2, 0) is 20.0 Å². The van der Waals surface area contributed by atoms with Gasteiger partial charge in [-0.25, -0.2) is 8.42 Å². The van der Waals surface area contributed by atoms with E-state index in [9.17, 15) is 26.5 Å². The molecule has 152 valence electrons. The minimum absolute atomic E-state index is 0.0470. The van der Waals surface area contributed by atoms with Crippen molar-refractivity contribution in [3.63, 3.8) is 0 Å². The maximum Gasteiger partial charge on any atom is 0.298 e. The highest BCUT2D eigenvalue weighted by molar-refractivity contribution is 7.90. The van der Waals surface area contributed by atoms with Crippen LogP contribution in [0.4, 0.5) is 11.4 Å². The number of sulfone groups is 1. The van der Waals surface area contributed by atoms with Crippen LogP contribution in [0.3, 0.4) is 0 Å². The number of azo groups is 1. The number of hydrogen-bond acceptors (Lipinski definition) is 7. The molecule has 0 saturated heterocycles. The molecule has 3 aromatic carbocycles. The zero-order valence-electron chi connectivity index (χ0n) is 15.8. The first-order valence-electron chi connectivity index (χ1n) is 8.34. The van der Waals surface area contributed by atoms with Crippen molar-refractivity contribution in [1.82, 2.24) is 0 Å². The third kappa shape index (κ3) is 4.29. The monoisotopic (exact) mass is 434 g/mol. The SMILES string of the molecule is Cc1ccc(N=Nc2c(O)c(S(=O)(=O)O)cc3cc(S(C)(=O)=O)ccc23)c(C)c1. The summed E-state index contributed by atoms with van der Waals surface area (Å²) in [6.07, 6.45) is 1.01. The van der Waals surface area contributed by atoms with Gasteiger partial charge in [0.05, 0.1) is 10.6 Å². The van der Waals surface area contributed by atoms with E-state index in [1.54, 1.807) is 6.07 Å². The number of nitrogens with zero attached hydrogens (tertiary/aromatic N) is 2. The largest absolute Gasteiger partial charge is 0.504 e. The quantitative estimate of drug-likeness (QED) is 0.466. The van der Waals surface area contributed by atoms with Gasteiger partial charge in [-0.3, -0.25) is 4.55 Å². The van der Waals surface area contributed by atoms with E-state index in [1.165, 1.54) is 18.2 Å². The molecule has 0 amide bonds. The standard InChI is InChI=1S/C19H18N2O6S2/c1-11-4-7-16(12(2)8-11)20-21-18-15-6-5-14(28(3,23)24)9-13(15)10-17(19(18)22)29(25,26)27/h4-10,22H,1-3H3,(H,25,26,27). The number of rotatable bonds is 4. The molecule has 2 N–H and O–H groups in total. The minimum atomic E-state index is -4.79. The molecule has 29 heavy (non-hydrogen) atoms. The van der Waals surface area contributed by atoms with Crippen LogP contribution in [0.1, 0.15) is 11.1 Å². The Morgan fingerprint density at radius 2 is 1.59 bits per heavy atom. The van der Waals surface area contributed by atoms with Crippen molar-refractivity contribution in [2.75, 3.05) is 6.26 Å². The minimum Gasteiger partial charge on any atom is -0.504 e. The number of aryl methyl sites for hydroxylation is 2. The molecule has 0 aliphatic heterocycles. The molecule has 0 heterocycles. The van der Waals surface area contributed by atoms with E-state index in [0.29, 0.717) is 5.69 Å². The van der Waals surface area contributed by atoms with Crippen molar-refractivity contribution < 1.29 is 26.5 Å². The average molecular weight is 434 g/mol. The van der Waals surface area contributed by atoms with Crippen LogP contribution in [0.5, 0.6) is 5.75 Å². The van der Waals surface area contributed by atoms with Crippen LogP contribution >= 0.6 is 0 Å². The van der Waals surface area contributed by atoms with Crippen molar-refractivity contribution in [1.29, 1.82) is 0 Å². The Labute approximate surface area is 168 Å². The molecule has 0 fully saturated rings. The molecular weight excluding hydrogens is 416 g/mol. The molecule has 0 saturated carbocycles. The molecule has 0 aromatic heterocycles. The van der Waals surface area contributed by atoms with Crippen LogP contribution in [0, 0.1) is 13.8 Å². The Bertz CT molecular complexity index is 1380. The number of fused-ring (bicyclic) bond motifs is 1. The van der Waals surface area contributed by atoms with Crippen molar-refractivity contribution in [2.24, 2.45) is 10.2 Å². The van der Waals surface area contributed by atoms with E-state index < -0.39 is 30.6 Å². The summed E-state index contributed by atoms with van der Waals surface area (Å²) in [4.78, 5) is -0.834. The van der Waals surface area contributed by atoms with Gasteiger partial charge in [0.2, 0.25) is 0 Å². The van der Waals surface area contributed by atoms with Gasteiger partial charge in [-0.2, -0.15) is 13.5 Å². The van der Waals surface area contributed by atoms with Crippen LogP contribution < -0.4 is 0 Å². The summed E-state index contributed by atoms with van der Waals surface area (Å²) in [6.45, 7) is 3.74. The molecule has 0 unspecified atom stereocenters. The summed E-state index contributed by atoms with van der Waals surface area (Å²) >= 11 is 0. The van der Waals surface area contributed by atoms with E-state index in [2.05, 4.69) is 10.2 Å². The zero-order chi connectivity index (χ0) is 21.6. The molecule has 0 radical (unpaired) electrons. The Balaban J connectivity index is 2.31. The first-order chi connectivity index (χ1) is 13.4. The topological polar surface area (TPSA) is 133 Å². The Morgan fingerprint density at radius 1 is 0.897 bits per heavy atom. The smallest absolute Gasteiger partial charge is 0.298 e. The molecule has 10 heteroatoms. The van der Waals surface area contributed by atoms with Crippen molar-refractivity contribution >= 4 is 42.1 Å². The van der Waals surface area contributed by atoms with Crippen molar-refractivity contribution in [2.45, 2.75) is 23.6 Å². The number of phenolic OH excluding ortho intramolecular Hbond substituents is 1. The fourth-order valence-corrected chi connectivity index (χ4v) is 4.15. The number of hydrogen-bond donors (Lipinski definition) is 2. The summed E-state index contributed by atoms with van der Waals surface area (Å²) in [5, 5.41) is 19.0. The number of aromatic hydroxyl groups is 1. The predicted octanol–water partition coefficient (Wildman–Crippen LogP) is 4.23. The lowest BCUT2D eigenvalue weighted by Gasteiger charge is -2.10. The Hall–Kier alpha value is -2.82. The highest BCUT2D eigenvalue weighted by atomic mass is 32.2. The summed E-state index contributed by atoms with van der Waals surface area (Å²) in [7, 11) is -8.35. The molecule has 0 aliphatic rings. The Kier molecular flexibility index (Phi) is 5.20.